The van der Waals surface area contributed by atoms with Crippen LogP contribution in [0.1, 0.15) is 22.9 Å². The summed E-state index contributed by atoms with van der Waals surface area (Å²) in [5.41, 5.74) is 9.03. The number of benzene rings is 1. The van der Waals surface area contributed by atoms with Gasteiger partial charge in [0.15, 0.2) is 4.60 Å². The fourth-order valence-corrected chi connectivity index (χ4v) is 2.53. The molecule has 2 N–H and O–H groups in total. The zero-order valence-electron chi connectivity index (χ0n) is 9.48. The van der Waals surface area contributed by atoms with Crippen molar-refractivity contribution in [3.63, 3.8) is 0 Å². The average Bonchev–Trinajstić information content (AvgIpc) is 2.62. The van der Waals surface area contributed by atoms with E-state index >= 15 is 0 Å². The van der Waals surface area contributed by atoms with Crippen molar-refractivity contribution in [2.75, 3.05) is 0 Å². The highest BCUT2D eigenvalue weighted by atomic mass is 79.9. The maximum atomic E-state index is 6.24. The molecule has 1 aromatic carbocycles. The van der Waals surface area contributed by atoms with E-state index in [9.17, 15) is 0 Å². The van der Waals surface area contributed by atoms with Crippen LogP contribution in [0.2, 0.25) is 5.02 Å². The molecule has 2 rings (SSSR count). The molecule has 1 unspecified atom stereocenters. The van der Waals surface area contributed by atoms with Crippen molar-refractivity contribution in [1.29, 1.82) is 0 Å². The first-order valence-electron chi connectivity index (χ1n) is 5.08. The smallest absolute Gasteiger partial charge is 0.153 e. The van der Waals surface area contributed by atoms with E-state index in [2.05, 4.69) is 26.2 Å². The number of aryl methyl sites for hydroxylation is 1. The van der Waals surface area contributed by atoms with Gasteiger partial charge < -0.3 is 5.73 Å². The lowest BCUT2D eigenvalue weighted by atomic mass is 10.00. The molecule has 6 heteroatoms. The van der Waals surface area contributed by atoms with E-state index in [1.165, 1.54) is 0 Å². The van der Waals surface area contributed by atoms with E-state index in [0.29, 0.717) is 9.63 Å². The third kappa shape index (κ3) is 2.22. The van der Waals surface area contributed by atoms with Gasteiger partial charge in [0.05, 0.1) is 11.7 Å². The molecule has 0 radical (unpaired) electrons. The average molecular weight is 316 g/mol. The molecular weight excluding hydrogens is 304 g/mol. The van der Waals surface area contributed by atoms with Gasteiger partial charge in [0.1, 0.15) is 0 Å². The van der Waals surface area contributed by atoms with Crippen molar-refractivity contribution >= 4 is 27.5 Å². The summed E-state index contributed by atoms with van der Waals surface area (Å²) in [5, 5.41) is 8.57. The van der Waals surface area contributed by atoms with Crippen molar-refractivity contribution in [3.05, 3.63) is 44.6 Å². The second-order valence-corrected chi connectivity index (χ2v) is 4.98. The van der Waals surface area contributed by atoms with Crippen LogP contribution in [0, 0.1) is 6.92 Å². The molecular formula is C11H12BrClN4. The molecule has 0 fully saturated rings. The molecule has 0 aliphatic carbocycles. The molecule has 0 spiro atoms. The van der Waals surface area contributed by atoms with Crippen molar-refractivity contribution in [2.45, 2.75) is 13.0 Å². The Labute approximate surface area is 113 Å². The van der Waals surface area contributed by atoms with Crippen LogP contribution < -0.4 is 5.73 Å². The first-order valence-corrected chi connectivity index (χ1v) is 6.25. The Morgan fingerprint density at radius 2 is 2.18 bits per heavy atom. The van der Waals surface area contributed by atoms with Gasteiger partial charge in [-0.1, -0.05) is 28.9 Å². The second-order valence-electron chi connectivity index (χ2n) is 3.82. The molecule has 1 heterocycles. The number of hydrogen-bond donors (Lipinski definition) is 1. The van der Waals surface area contributed by atoms with Gasteiger partial charge in [0.2, 0.25) is 0 Å². The van der Waals surface area contributed by atoms with Crippen LogP contribution in [-0.4, -0.2) is 15.0 Å². The maximum absolute atomic E-state index is 6.24. The van der Waals surface area contributed by atoms with Crippen LogP contribution in [0.4, 0.5) is 0 Å². The van der Waals surface area contributed by atoms with Crippen LogP contribution in [0.3, 0.4) is 0 Å². The van der Waals surface area contributed by atoms with E-state index < -0.39 is 0 Å². The summed E-state index contributed by atoms with van der Waals surface area (Å²) in [6, 6.07) is 5.40. The Morgan fingerprint density at radius 1 is 1.47 bits per heavy atom. The minimum atomic E-state index is -0.303. The first kappa shape index (κ1) is 12.5. The number of aromatic nitrogens is 3. The van der Waals surface area contributed by atoms with E-state index in [-0.39, 0.29) is 6.04 Å². The second kappa shape index (κ2) is 4.76. The number of rotatable bonds is 2. The molecule has 0 bridgehead atoms. The largest absolute Gasteiger partial charge is 0.319 e. The lowest BCUT2D eigenvalue weighted by Crippen LogP contribution is -2.17. The fraction of sp³-hybridized carbons (Fsp3) is 0.273. The van der Waals surface area contributed by atoms with Crippen LogP contribution in [0.25, 0.3) is 0 Å². The predicted molar refractivity (Wildman–Crippen MR) is 70.9 cm³/mol. The molecule has 4 nitrogen and oxygen atoms in total. The minimum Gasteiger partial charge on any atom is -0.319 e. The van der Waals surface area contributed by atoms with Crippen LogP contribution >= 0.6 is 27.5 Å². The van der Waals surface area contributed by atoms with Crippen LogP contribution in [0.15, 0.2) is 22.8 Å². The van der Waals surface area contributed by atoms with Crippen molar-refractivity contribution < 1.29 is 0 Å². The molecule has 2 aromatic rings. The lowest BCUT2D eigenvalue weighted by molar-refractivity contribution is 0.649. The van der Waals surface area contributed by atoms with Crippen molar-refractivity contribution in [3.8, 4) is 0 Å². The summed E-state index contributed by atoms with van der Waals surface area (Å²) in [6.45, 7) is 1.95. The zero-order chi connectivity index (χ0) is 12.6. The standard InChI is InChI=1S/C11H12BrClN4/c1-6-7(4-3-5-8(6)13)9(14)10-11(12)15-16-17(10)2/h3-5,9H,14H2,1-2H3. The molecule has 17 heavy (non-hydrogen) atoms. The van der Waals surface area contributed by atoms with Gasteiger partial charge >= 0.3 is 0 Å². The monoisotopic (exact) mass is 314 g/mol. The van der Waals surface area contributed by atoms with Crippen molar-refractivity contribution in [2.24, 2.45) is 12.8 Å². The molecule has 0 aliphatic heterocycles. The highest BCUT2D eigenvalue weighted by Crippen LogP contribution is 2.29. The van der Waals surface area contributed by atoms with Gasteiger partial charge in [-0.15, -0.1) is 5.10 Å². The summed E-state index contributed by atoms with van der Waals surface area (Å²) in [5.74, 6) is 0. The molecule has 1 atom stereocenters. The van der Waals surface area contributed by atoms with E-state index in [1.807, 2.05) is 32.2 Å². The number of nitrogens with zero attached hydrogens (tertiary/aromatic N) is 3. The Morgan fingerprint density at radius 3 is 2.76 bits per heavy atom. The number of hydrogen-bond acceptors (Lipinski definition) is 3. The summed E-state index contributed by atoms with van der Waals surface area (Å²) in [6.07, 6.45) is 0. The number of nitrogens with two attached hydrogens (primary N) is 1. The molecule has 1 aromatic heterocycles. The van der Waals surface area contributed by atoms with Gasteiger partial charge in [0, 0.05) is 12.1 Å². The van der Waals surface area contributed by atoms with E-state index in [1.54, 1.807) is 4.68 Å². The van der Waals surface area contributed by atoms with Gasteiger partial charge in [-0.25, -0.2) is 4.68 Å². The third-order valence-corrected chi connectivity index (χ3v) is 3.74. The number of halogens is 2. The normalized spacial score (nSPS) is 12.8. The Hall–Kier alpha value is -0.910. The predicted octanol–water partition coefficient (Wildman–Crippen LogP) is 2.59. The Bertz CT molecular complexity index is 533. The molecule has 0 amide bonds. The van der Waals surface area contributed by atoms with E-state index in [0.717, 1.165) is 16.8 Å². The van der Waals surface area contributed by atoms with Gasteiger partial charge in [0.25, 0.3) is 0 Å². The minimum absolute atomic E-state index is 0.303. The van der Waals surface area contributed by atoms with E-state index in [4.69, 9.17) is 17.3 Å². The van der Waals surface area contributed by atoms with Crippen LogP contribution in [0.5, 0.6) is 0 Å². The highest BCUT2D eigenvalue weighted by molar-refractivity contribution is 9.10. The molecule has 0 aliphatic rings. The van der Waals surface area contributed by atoms with Gasteiger partial charge in [-0.3, -0.25) is 0 Å². The molecule has 0 saturated carbocycles. The zero-order valence-corrected chi connectivity index (χ0v) is 11.8. The quantitative estimate of drug-likeness (QED) is 0.926. The fourth-order valence-electron chi connectivity index (χ4n) is 1.78. The maximum Gasteiger partial charge on any atom is 0.153 e. The topological polar surface area (TPSA) is 56.7 Å². The van der Waals surface area contributed by atoms with Gasteiger partial charge in [-0.05, 0) is 40.0 Å². The SMILES string of the molecule is Cc1c(Cl)cccc1C(N)c1c(Br)nnn1C. The highest BCUT2D eigenvalue weighted by Gasteiger charge is 2.20. The third-order valence-electron chi connectivity index (χ3n) is 2.77. The summed E-state index contributed by atoms with van der Waals surface area (Å²) in [7, 11) is 1.81. The van der Waals surface area contributed by atoms with Crippen molar-refractivity contribution in [1.82, 2.24) is 15.0 Å². The molecule has 0 saturated heterocycles. The summed E-state index contributed by atoms with van der Waals surface area (Å²) < 4.78 is 2.32. The van der Waals surface area contributed by atoms with Gasteiger partial charge in [-0.2, -0.15) is 0 Å². The summed E-state index contributed by atoms with van der Waals surface area (Å²) >= 11 is 9.44. The van der Waals surface area contributed by atoms with Crippen LogP contribution in [-0.2, 0) is 7.05 Å². The molecule has 90 valence electrons. The first-order chi connectivity index (χ1) is 8.02. The Balaban J connectivity index is 2.51. The lowest BCUT2D eigenvalue weighted by Gasteiger charge is -2.15. The Kier molecular flexibility index (Phi) is 3.51. The summed E-state index contributed by atoms with van der Waals surface area (Å²) in [4.78, 5) is 0.